The minimum absolute atomic E-state index is 0.0525. The van der Waals surface area contributed by atoms with Crippen molar-refractivity contribution in [1.29, 1.82) is 0 Å². The number of aromatic nitrogens is 1. The monoisotopic (exact) mass is 302 g/mol. The van der Waals surface area contributed by atoms with Gasteiger partial charge in [0.05, 0.1) is 14.2 Å². The highest BCUT2D eigenvalue weighted by Crippen LogP contribution is 2.32. The SMILES string of the molecule is COc1ccnc(CN2CCC(O)(C(F)F)CC2)c1OC. The number of likely N-dealkylation sites (tertiary alicyclic amines) is 1. The lowest BCUT2D eigenvalue weighted by Crippen LogP contribution is -2.48. The van der Waals surface area contributed by atoms with Gasteiger partial charge in [0, 0.05) is 31.9 Å². The van der Waals surface area contributed by atoms with E-state index in [-0.39, 0.29) is 12.8 Å². The van der Waals surface area contributed by atoms with Crippen LogP contribution in [0.1, 0.15) is 18.5 Å². The molecule has 21 heavy (non-hydrogen) atoms. The van der Waals surface area contributed by atoms with Crippen molar-refractivity contribution < 1.29 is 23.4 Å². The van der Waals surface area contributed by atoms with Crippen molar-refractivity contribution in [2.24, 2.45) is 0 Å². The van der Waals surface area contributed by atoms with Crippen molar-refractivity contribution >= 4 is 0 Å². The van der Waals surface area contributed by atoms with Crippen LogP contribution in [0.5, 0.6) is 11.5 Å². The Morgan fingerprint density at radius 1 is 1.33 bits per heavy atom. The second kappa shape index (κ2) is 6.53. The summed E-state index contributed by atoms with van der Waals surface area (Å²) in [6.45, 7) is 1.26. The smallest absolute Gasteiger partial charge is 0.266 e. The second-order valence-corrected chi connectivity index (χ2v) is 5.17. The number of nitrogens with zero attached hydrogens (tertiary/aromatic N) is 2. The first-order valence-corrected chi connectivity index (χ1v) is 6.79. The van der Waals surface area contributed by atoms with Crippen molar-refractivity contribution in [3.63, 3.8) is 0 Å². The Kier molecular flexibility index (Phi) is 4.95. The first-order chi connectivity index (χ1) is 10.00. The summed E-state index contributed by atoms with van der Waals surface area (Å²) in [5, 5.41) is 9.78. The Morgan fingerprint density at radius 2 is 2.00 bits per heavy atom. The van der Waals surface area contributed by atoms with Gasteiger partial charge in [-0.1, -0.05) is 0 Å². The van der Waals surface area contributed by atoms with E-state index in [1.807, 2.05) is 4.90 Å². The van der Waals surface area contributed by atoms with Crippen LogP contribution in [0.2, 0.25) is 0 Å². The third kappa shape index (κ3) is 3.41. The summed E-state index contributed by atoms with van der Waals surface area (Å²) in [5.74, 6) is 1.14. The zero-order valence-corrected chi connectivity index (χ0v) is 12.2. The summed E-state index contributed by atoms with van der Waals surface area (Å²) in [7, 11) is 3.08. The van der Waals surface area contributed by atoms with Gasteiger partial charge < -0.3 is 14.6 Å². The van der Waals surface area contributed by atoms with Gasteiger partial charge in [0.25, 0.3) is 6.43 Å². The van der Waals surface area contributed by atoms with Crippen LogP contribution in [0, 0.1) is 0 Å². The molecule has 7 heteroatoms. The number of hydrogen-bond donors (Lipinski definition) is 1. The molecule has 0 spiro atoms. The fraction of sp³-hybridized carbons (Fsp3) is 0.643. The van der Waals surface area contributed by atoms with Crippen molar-refractivity contribution in [2.75, 3.05) is 27.3 Å². The van der Waals surface area contributed by atoms with Crippen LogP contribution in [0.3, 0.4) is 0 Å². The van der Waals surface area contributed by atoms with Crippen molar-refractivity contribution in [3.8, 4) is 11.5 Å². The molecule has 0 saturated carbocycles. The largest absolute Gasteiger partial charge is 0.493 e. The number of pyridine rings is 1. The summed E-state index contributed by atoms with van der Waals surface area (Å²) in [5.41, 5.74) is -1.16. The summed E-state index contributed by atoms with van der Waals surface area (Å²) < 4.78 is 36.0. The molecule has 0 aromatic carbocycles. The predicted octanol–water partition coefficient (Wildman–Crippen LogP) is 1.69. The molecule has 1 aliphatic rings. The first kappa shape index (κ1) is 15.9. The van der Waals surface area contributed by atoms with E-state index in [0.717, 1.165) is 0 Å². The maximum Gasteiger partial charge on any atom is 0.266 e. The molecule has 0 bridgehead atoms. The van der Waals surface area contributed by atoms with Gasteiger partial charge in [0.15, 0.2) is 11.5 Å². The minimum Gasteiger partial charge on any atom is -0.493 e. The molecule has 1 aromatic heterocycles. The van der Waals surface area contributed by atoms with Gasteiger partial charge >= 0.3 is 0 Å². The standard InChI is InChI=1S/C14H20F2N2O3/c1-20-11-3-6-17-10(12(11)21-2)9-18-7-4-14(19,5-8-18)13(15)16/h3,6,13,19H,4-5,7-9H2,1-2H3. The van der Waals surface area contributed by atoms with Gasteiger partial charge in [-0.2, -0.15) is 0 Å². The van der Waals surface area contributed by atoms with E-state index in [1.165, 1.54) is 7.11 Å². The Labute approximate surface area is 122 Å². The number of aliphatic hydroxyl groups is 1. The third-order valence-electron chi connectivity index (χ3n) is 3.87. The Balaban J connectivity index is 2.04. The van der Waals surface area contributed by atoms with Gasteiger partial charge in [0.2, 0.25) is 0 Å². The fourth-order valence-corrected chi connectivity index (χ4v) is 2.49. The van der Waals surface area contributed by atoms with Gasteiger partial charge in [-0.3, -0.25) is 9.88 Å². The predicted molar refractivity (Wildman–Crippen MR) is 72.8 cm³/mol. The van der Waals surface area contributed by atoms with Crippen LogP contribution in [-0.4, -0.2) is 54.3 Å². The van der Waals surface area contributed by atoms with E-state index in [2.05, 4.69) is 4.98 Å². The summed E-state index contributed by atoms with van der Waals surface area (Å²) in [6, 6.07) is 1.70. The zero-order valence-electron chi connectivity index (χ0n) is 12.2. The molecule has 0 unspecified atom stereocenters. The van der Waals surface area contributed by atoms with Gasteiger partial charge in [-0.15, -0.1) is 0 Å². The van der Waals surface area contributed by atoms with Gasteiger partial charge in [-0.25, -0.2) is 8.78 Å². The van der Waals surface area contributed by atoms with E-state index in [1.54, 1.807) is 19.4 Å². The molecule has 2 heterocycles. The lowest BCUT2D eigenvalue weighted by Gasteiger charge is -2.37. The molecule has 1 aromatic rings. The van der Waals surface area contributed by atoms with E-state index in [4.69, 9.17) is 9.47 Å². The molecule has 2 rings (SSSR count). The number of methoxy groups -OCH3 is 2. The molecular weight excluding hydrogens is 282 g/mol. The Bertz CT molecular complexity index is 477. The molecule has 1 saturated heterocycles. The highest BCUT2D eigenvalue weighted by molar-refractivity contribution is 5.42. The van der Waals surface area contributed by atoms with Crippen molar-refractivity contribution in [1.82, 2.24) is 9.88 Å². The molecular formula is C14H20F2N2O3. The Hall–Kier alpha value is -1.47. The summed E-state index contributed by atoms with van der Waals surface area (Å²) in [6.07, 6.45) is -0.978. The first-order valence-electron chi connectivity index (χ1n) is 6.79. The molecule has 1 aliphatic heterocycles. The molecule has 1 fully saturated rings. The molecule has 0 radical (unpaired) electrons. The Morgan fingerprint density at radius 3 is 2.52 bits per heavy atom. The topological polar surface area (TPSA) is 54.8 Å². The number of halogens is 2. The number of ether oxygens (including phenoxy) is 2. The lowest BCUT2D eigenvalue weighted by molar-refractivity contribution is -0.127. The van der Waals surface area contributed by atoms with Crippen LogP contribution in [0.4, 0.5) is 8.78 Å². The normalized spacial score (nSPS) is 18.8. The highest BCUT2D eigenvalue weighted by atomic mass is 19.3. The summed E-state index contributed by atoms with van der Waals surface area (Å²) >= 11 is 0. The third-order valence-corrected chi connectivity index (χ3v) is 3.87. The van der Waals surface area contributed by atoms with E-state index in [9.17, 15) is 13.9 Å². The lowest BCUT2D eigenvalue weighted by atomic mass is 9.92. The average Bonchev–Trinajstić information content (AvgIpc) is 2.49. The molecule has 0 atom stereocenters. The minimum atomic E-state index is -2.70. The summed E-state index contributed by atoms with van der Waals surface area (Å²) in [4.78, 5) is 6.24. The van der Waals surface area contributed by atoms with Crippen LogP contribution >= 0.6 is 0 Å². The number of hydrogen-bond acceptors (Lipinski definition) is 5. The maximum atomic E-state index is 12.8. The molecule has 1 N–H and O–H groups in total. The maximum absolute atomic E-state index is 12.8. The van der Waals surface area contributed by atoms with E-state index in [0.29, 0.717) is 36.8 Å². The average molecular weight is 302 g/mol. The van der Waals surface area contributed by atoms with Crippen LogP contribution < -0.4 is 9.47 Å². The van der Waals surface area contributed by atoms with Gasteiger partial charge in [-0.05, 0) is 12.8 Å². The number of rotatable bonds is 5. The van der Waals surface area contributed by atoms with Crippen LogP contribution in [0.25, 0.3) is 0 Å². The van der Waals surface area contributed by atoms with Crippen LogP contribution in [0.15, 0.2) is 12.3 Å². The van der Waals surface area contributed by atoms with Crippen molar-refractivity contribution in [3.05, 3.63) is 18.0 Å². The molecule has 5 nitrogen and oxygen atoms in total. The molecule has 118 valence electrons. The highest BCUT2D eigenvalue weighted by Gasteiger charge is 2.40. The van der Waals surface area contributed by atoms with Crippen molar-refractivity contribution in [2.45, 2.75) is 31.4 Å². The van der Waals surface area contributed by atoms with E-state index >= 15 is 0 Å². The number of alkyl halides is 2. The number of piperidine rings is 1. The quantitative estimate of drug-likeness (QED) is 0.897. The van der Waals surface area contributed by atoms with E-state index < -0.39 is 12.0 Å². The van der Waals surface area contributed by atoms with Crippen LogP contribution in [-0.2, 0) is 6.54 Å². The molecule has 0 amide bonds. The fourth-order valence-electron chi connectivity index (χ4n) is 2.49. The second-order valence-electron chi connectivity index (χ2n) is 5.17. The van der Waals surface area contributed by atoms with Gasteiger partial charge in [0.1, 0.15) is 11.3 Å². The zero-order chi connectivity index (χ0) is 15.5. The molecule has 0 aliphatic carbocycles.